The fourth-order valence-corrected chi connectivity index (χ4v) is 3.62. The van der Waals surface area contributed by atoms with Crippen molar-refractivity contribution in [3.63, 3.8) is 0 Å². The molecule has 3 aromatic rings. The molecule has 2 heterocycles. The Hall–Kier alpha value is -2.62. The lowest BCUT2D eigenvalue weighted by Crippen LogP contribution is -2.25. The minimum atomic E-state index is -0.533. The van der Waals surface area contributed by atoms with E-state index in [1.807, 2.05) is 6.07 Å². The van der Waals surface area contributed by atoms with Crippen LogP contribution >= 0.6 is 34.8 Å². The average Bonchev–Trinajstić information content (AvgIpc) is 3.16. The van der Waals surface area contributed by atoms with E-state index in [-0.39, 0.29) is 29.0 Å². The fraction of sp³-hybridized carbons (Fsp3) is 0.316. The molecule has 9 nitrogen and oxygen atoms in total. The smallest absolute Gasteiger partial charge is 0.308 e. The summed E-state index contributed by atoms with van der Waals surface area (Å²) in [6.07, 6.45) is 1.59. The number of rotatable bonds is 7. The molecule has 0 aliphatic rings. The van der Waals surface area contributed by atoms with Gasteiger partial charge in [-0.05, 0) is 31.5 Å². The summed E-state index contributed by atoms with van der Waals surface area (Å²) in [5, 5.41) is 23.5. The highest BCUT2D eigenvalue weighted by atomic mass is 35.5. The number of amides is 1. The minimum Gasteiger partial charge on any atom is -0.308 e. The number of anilines is 1. The number of aromatic nitrogens is 4. The summed E-state index contributed by atoms with van der Waals surface area (Å²) in [6, 6.07) is 5.24. The summed E-state index contributed by atoms with van der Waals surface area (Å²) in [6.45, 7) is 5.42. The van der Waals surface area contributed by atoms with Gasteiger partial charge in [0.05, 0.1) is 34.0 Å². The van der Waals surface area contributed by atoms with Crippen LogP contribution in [0.5, 0.6) is 0 Å². The number of nitro groups is 1. The Kier molecular flexibility index (Phi) is 6.88. The molecule has 3 rings (SSSR count). The van der Waals surface area contributed by atoms with Gasteiger partial charge in [-0.3, -0.25) is 24.3 Å². The largest absolute Gasteiger partial charge is 0.312 e. The van der Waals surface area contributed by atoms with E-state index in [0.29, 0.717) is 28.0 Å². The van der Waals surface area contributed by atoms with Gasteiger partial charge in [-0.25, -0.2) is 0 Å². The van der Waals surface area contributed by atoms with Crippen molar-refractivity contribution >= 4 is 52.2 Å². The maximum absolute atomic E-state index is 12.6. The summed E-state index contributed by atoms with van der Waals surface area (Å²) >= 11 is 18.2. The lowest BCUT2D eigenvalue weighted by Gasteiger charge is -2.12. The van der Waals surface area contributed by atoms with Crippen LogP contribution in [0.1, 0.15) is 23.9 Å². The van der Waals surface area contributed by atoms with E-state index in [1.54, 1.807) is 43.8 Å². The van der Waals surface area contributed by atoms with Crippen molar-refractivity contribution in [2.75, 3.05) is 5.32 Å². The Morgan fingerprint density at radius 1 is 1.19 bits per heavy atom. The molecule has 1 N–H and O–H groups in total. The third kappa shape index (κ3) is 5.17. The van der Waals surface area contributed by atoms with Crippen molar-refractivity contribution in [1.29, 1.82) is 0 Å². The number of carbonyl (C=O) groups is 1. The van der Waals surface area contributed by atoms with Gasteiger partial charge in [0.25, 0.3) is 0 Å². The Morgan fingerprint density at radius 2 is 1.90 bits per heavy atom. The number of hydrogen-bond acceptors (Lipinski definition) is 5. The Bertz CT molecular complexity index is 1160. The van der Waals surface area contributed by atoms with E-state index in [2.05, 4.69) is 15.5 Å². The van der Waals surface area contributed by atoms with Crippen molar-refractivity contribution in [3.8, 4) is 0 Å². The molecule has 1 unspecified atom stereocenters. The second kappa shape index (κ2) is 9.25. The molecule has 0 saturated carbocycles. The number of carbonyl (C=O) groups excluding carboxylic acids is 1. The highest BCUT2D eigenvalue weighted by Crippen LogP contribution is 2.25. The molecule has 2 aromatic heterocycles. The number of benzene rings is 1. The highest BCUT2D eigenvalue weighted by Gasteiger charge is 2.24. The first kappa shape index (κ1) is 23.1. The van der Waals surface area contributed by atoms with Crippen LogP contribution in [0.3, 0.4) is 0 Å². The van der Waals surface area contributed by atoms with Crippen molar-refractivity contribution < 1.29 is 9.72 Å². The SMILES string of the molecule is Cc1nn(CC(C)C(=O)Nc2nn(Cc3ccc(Cl)c(Cl)c3)cc2Cl)c(C)c1[N+](=O)[O-]. The van der Waals surface area contributed by atoms with Crippen LogP contribution in [0.25, 0.3) is 0 Å². The predicted octanol–water partition coefficient (Wildman–Crippen LogP) is 4.89. The molecule has 164 valence electrons. The van der Waals surface area contributed by atoms with Gasteiger partial charge < -0.3 is 5.32 Å². The summed E-state index contributed by atoms with van der Waals surface area (Å²) < 4.78 is 3.04. The normalized spacial score (nSPS) is 12.1. The van der Waals surface area contributed by atoms with Gasteiger partial charge in [0, 0.05) is 6.20 Å². The maximum atomic E-state index is 12.6. The maximum Gasteiger partial charge on any atom is 0.312 e. The molecule has 0 radical (unpaired) electrons. The minimum absolute atomic E-state index is 0.0447. The van der Waals surface area contributed by atoms with Crippen LogP contribution in [-0.4, -0.2) is 30.4 Å². The van der Waals surface area contributed by atoms with Crippen LogP contribution in [0.2, 0.25) is 15.1 Å². The average molecular weight is 486 g/mol. The second-order valence-electron chi connectivity index (χ2n) is 7.12. The Labute approximate surface area is 193 Å². The topological polar surface area (TPSA) is 108 Å². The summed E-state index contributed by atoms with van der Waals surface area (Å²) in [5.41, 5.74) is 1.52. The standard InChI is InChI=1S/C19H19Cl3N6O3/c1-10(7-27-12(3)17(28(30)31)11(2)24-27)19(29)23-18-16(22)9-26(25-18)8-13-4-5-14(20)15(21)6-13/h4-6,9-10H,7-8H2,1-3H3,(H,23,25,29). The molecule has 1 aromatic carbocycles. The zero-order chi connectivity index (χ0) is 22.9. The summed E-state index contributed by atoms with van der Waals surface area (Å²) in [4.78, 5) is 23.3. The first-order valence-electron chi connectivity index (χ1n) is 9.23. The molecule has 31 heavy (non-hydrogen) atoms. The zero-order valence-electron chi connectivity index (χ0n) is 16.9. The van der Waals surface area contributed by atoms with E-state index in [9.17, 15) is 14.9 Å². The molecule has 0 aliphatic carbocycles. The number of nitrogens with zero attached hydrogens (tertiary/aromatic N) is 5. The molecule has 1 amide bonds. The van der Waals surface area contributed by atoms with Crippen molar-refractivity contribution in [2.24, 2.45) is 5.92 Å². The van der Waals surface area contributed by atoms with Crippen LogP contribution < -0.4 is 5.32 Å². The lowest BCUT2D eigenvalue weighted by molar-refractivity contribution is -0.386. The third-order valence-corrected chi connectivity index (χ3v) is 5.72. The second-order valence-corrected chi connectivity index (χ2v) is 8.34. The van der Waals surface area contributed by atoms with Gasteiger partial charge in [-0.15, -0.1) is 0 Å². The number of nitrogens with one attached hydrogen (secondary N) is 1. The van der Waals surface area contributed by atoms with E-state index in [4.69, 9.17) is 34.8 Å². The molecular formula is C19H19Cl3N6O3. The van der Waals surface area contributed by atoms with Gasteiger partial charge in [0.2, 0.25) is 5.91 Å². The van der Waals surface area contributed by atoms with Gasteiger partial charge in [-0.2, -0.15) is 10.2 Å². The van der Waals surface area contributed by atoms with Crippen LogP contribution in [0, 0.1) is 29.9 Å². The first-order valence-corrected chi connectivity index (χ1v) is 10.4. The van der Waals surface area contributed by atoms with E-state index in [0.717, 1.165) is 5.56 Å². The summed E-state index contributed by atoms with van der Waals surface area (Å²) in [5.74, 6) is -0.649. The molecule has 0 saturated heterocycles. The van der Waals surface area contributed by atoms with E-state index >= 15 is 0 Å². The van der Waals surface area contributed by atoms with Gasteiger partial charge >= 0.3 is 5.69 Å². The Balaban J connectivity index is 1.68. The third-order valence-electron chi connectivity index (χ3n) is 4.71. The van der Waals surface area contributed by atoms with E-state index < -0.39 is 10.8 Å². The number of hydrogen-bond donors (Lipinski definition) is 1. The lowest BCUT2D eigenvalue weighted by atomic mass is 10.1. The van der Waals surface area contributed by atoms with Crippen molar-refractivity contribution in [1.82, 2.24) is 19.6 Å². The number of aryl methyl sites for hydroxylation is 1. The quantitative estimate of drug-likeness (QED) is 0.379. The summed E-state index contributed by atoms with van der Waals surface area (Å²) in [7, 11) is 0. The van der Waals surface area contributed by atoms with Gasteiger partial charge in [-0.1, -0.05) is 47.8 Å². The van der Waals surface area contributed by atoms with Crippen molar-refractivity contribution in [3.05, 3.63) is 66.5 Å². The first-order chi connectivity index (χ1) is 14.6. The van der Waals surface area contributed by atoms with Crippen LogP contribution in [0.4, 0.5) is 11.5 Å². The predicted molar refractivity (Wildman–Crippen MR) is 119 cm³/mol. The van der Waals surface area contributed by atoms with Crippen molar-refractivity contribution in [2.45, 2.75) is 33.9 Å². The number of halogens is 3. The molecule has 0 aliphatic heterocycles. The van der Waals surface area contributed by atoms with Gasteiger partial charge in [0.15, 0.2) is 5.82 Å². The van der Waals surface area contributed by atoms with Crippen LogP contribution in [0.15, 0.2) is 24.4 Å². The molecule has 0 bridgehead atoms. The molecular weight excluding hydrogens is 467 g/mol. The van der Waals surface area contributed by atoms with E-state index in [1.165, 1.54) is 4.68 Å². The fourth-order valence-electron chi connectivity index (χ4n) is 3.10. The Morgan fingerprint density at radius 3 is 2.52 bits per heavy atom. The highest BCUT2D eigenvalue weighted by molar-refractivity contribution is 6.42. The van der Waals surface area contributed by atoms with Gasteiger partial charge in [0.1, 0.15) is 16.4 Å². The molecule has 1 atom stereocenters. The molecule has 0 fully saturated rings. The molecule has 0 spiro atoms. The molecule has 12 heteroatoms. The zero-order valence-corrected chi connectivity index (χ0v) is 19.2. The van der Waals surface area contributed by atoms with Crippen LogP contribution in [-0.2, 0) is 17.9 Å². The monoisotopic (exact) mass is 484 g/mol.